The summed E-state index contributed by atoms with van der Waals surface area (Å²) in [5, 5.41) is 4.14. The molecule has 108 valence electrons. The molecule has 3 rings (SSSR count). The fourth-order valence-electron chi connectivity index (χ4n) is 3.66. The zero-order valence-electron chi connectivity index (χ0n) is 11.8. The number of benzene rings is 1. The number of rotatable bonds is 3. The van der Waals surface area contributed by atoms with Crippen LogP contribution in [0.4, 0.5) is 0 Å². The van der Waals surface area contributed by atoms with Crippen molar-refractivity contribution in [3.63, 3.8) is 0 Å². The third-order valence-corrected chi connectivity index (χ3v) is 5.12. The number of hydrogen-bond donors (Lipinski definition) is 1. The van der Waals surface area contributed by atoms with Crippen LogP contribution in [0.25, 0.3) is 0 Å². The largest absolute Gasteiger partial charge is 0.340 e. The number of nitrogens with zero attached hydrogens (tertiary/aromatic N) is 1. The molecule has 0 bridgehead atoms. The van der Waals surface area contributed by atoms with E-state index in [2.05, 4.69) is 5.32 Å². The minimum absolute atomic E-state index is 0.00925. The highest BCUT2D eigenvalue weighted by Crippen LogP contribution is 2.38. The van der Waals surface area contributed by atoms with Crippen LogP contribution in [0.5, 0.6) is 0 Å². The number of carbonyl (C=O) groups excluding carboxylic acids is 1. The van der Waals surface area contributed by atoms with E-state index in [4.69, 9.17) is 11.6 Å². The van der Waals surface area contributed by atoms with Gasteiger partial charge >= 0.3 is 0 Å². The fraction of sp³-hybridized carbons (Fsp3) is 0.562. The summed E-state index contributed by atoms with van der Waals surface area (Å²) in [4.78, 5) is 14.4. The molecule has 1 aromatic carbocycles. The van der Waals surface area contributed by atoms with E-state index in [1.165, 1.54) is 19.3 Å². The van der Waals surface area contributed by atoms with Crippen LogP contribution in [0, 0.1) is 11.8 Å². The molecule has 3 unspecified atom stereocenters. The van der Waals surface area contributed by atoms with Crippen LogP contribution in [-0.2, 0) is 11.3 Å². The summed E-state index contributed by atoms with van der Waals surface area (Å²) in [6.45, 7) is 1.58. The van der Waals surface area contributed by atoms with Gasteiger partial charge in [0.25, 0.3) is 0 Å². The van der Waals surface area contributed by atoms with Crippen molar-refractivity contribution in [1.29, 1.82) is 0 Å². The zero-order chi connectivity index (χ0) is 14.1. The number of hydrogen-bond acceptors (Lipinski definition) is 2. The minimum Gasteiger partial charge on any atom is -0.340 e. The molecule has 1 aliphatic heterocycles. The molecule has 1 aliphatic carbocycles. The van der Waals surface area contributed by atoms with E-state index in [0.717, 1.165) is 17.1 Å². The van der Waals surface area contributed by atoms with Gasteiger partial charge in [-0.15, -0.1) is 0 Å². The monoisotopic (exact) mass is 292 g/mol. The first kappa shape index (κ1) is 13.9. The number of amides is 1. The number of carbonyl (C=O) groups is 1. The Labute approximate surface area is 125 Å². The lowest BCUT2D eigenvalue weighted by molar-refractivity contribution is -0.133. The van der Waals surface area contributed by atoms with Gasteiger partial charge in [-0.3, -0.25) is 4.79 Å². The lowest BCUT2D eigenvalue weighted by Gasteiger charge is -2.25. The Hall–Kier alpha value is -1.06. The number of halogens is 1. The van der Waals surface area contributed by atoms with Crippen LogP contribution in [0.1, 0.15) is 24.8 Å². The molecule has 1 aromatic rings. The van der Waals surface area contributed by atoms with Crippen LogP contribution in [0.15, 0.2) is 24.3 Å². The van der Waals surface area contributed by atoms with Crippen molar-refractivity contribution in [2.75, 3.05) is 13.6 Å². The predicted octanol–water partition coefficient (Wildman–Crippen LogP) is 2.69. The highest BCUT2D eigenvalue weighted by Gasteiger charge is 2.43. The van der Waals surface area contributed by atoms with Crippen molar-refractivity contribution in [3.05, 3.63) is 34.9 Å². The van der Waals surface area contributed by atoms with Crippen molar-refractivity contribution >= 4 is 17.5 Å². The van der Waals surface area contributed by atoms with E-state index in [0.29, 0.717) is 18.4 Å². The Bertz CT molecular complexity index is 505. The molecular formula is C16H21ClN2O. The van der Waals surface area contributed by atoms with Crippen LogP contribution in [0.3, 0.4) is 0 Å². The number of likely N-dealkylation sites (N-methyl/N-ethyl adjacent to an activating group) is 1. The first-order valence-corrected chi connectivity index (χ1v) is 7.76. The summed E-state index contributed by atoms with van der Waals surface area (Å²) in [6, 6.07) is 7.73. The maximum atomic E-state index is 12.6. The van der Waals surface area contributed by atoms with Gasteiger partial charge in [0, 0.05) is 18.6 Å². The molecule has 2 fully saturated rings. The molecule has 0 spiro atoms. The molecule has 20 heavy (non-hydrogen) atoms. The average molecular weight is 293 g/mol. The summed E-state index contributed by atoms with van der Waals surface area (Å²) < 4.78 is 0. The van der Waals surface area contributed by atoms with Gasteiger partial charge in [0.05, 0.1) is 6.04 Å². The maximum Gasteiger partial charge on any atom is 0.240 e. The molecule has 3 nitrogen and oxygen atoms in total. The van der Waals surface area contributed by atoms with Gasteiger partial charge < -0.3 is 10.2 Å². The first-order chi connectivity index (χ1) is 9.66. The van der Waals surface area contributed by atoms with Crippen LogP contribution in [-0.4, -0.2) is 30.4 Å². The summed E-state index contributed by atoms with van der Waals surface area (Å²) in [5.74, 6) is 1.45. The topological polar surface area (TPSA) is 32.3 Å². The van der Waals surface area contributed by atoms with Crippen molar-refractivity contribution < 1.29 is 4.79 Å². The van der Waals surface area contributed by atoms with Gasteiger partial charge in [0.2, 0.25) is 5.91 Å². The highest BCUT2D eigenvalue weighted by atomic mass is 35.5. The average Bonchev–Trinajstić information content (AvgIpc) is 3.03. The van der Waals surface area contributed by atoms with Gasteiger partial charge in [0.1, 0.15) is 0 Å². The molecular weight excluding hydrogens is 272 g/mol. The Morgan fingerprint density at radius 1 is 1.40 bits per heavy atom. The SMILES string of the molecule is CN(Cc1ccccc1Cl)C(=O)C1NCC2CCCC21. The Kier molecular flexibility index (Phi) is 3.99. The first-order valence-electron chi connectivity index (χ1n) is 7.38. The van der Waals surface area contributed by atoms with Gasteiger partial charge in [-0.2, -0.15) is 0 Å². The number of nitrogens with one attached hydrogen (secondary N) is 1. The standard InChI is InChI=1S/C16H21ClN2O/c1-19(10-12-5-2-3-8-14(12)17)16(20)15-13-7-4-6-11(13)9-18-15/h2-3,5,8,11,13,15,18H,4,6-7,9-10H2,1H3. The van der Waals surface area contributed by atoms with Gasteiger partial charge in [-0.05, 0) is 42.9 Å². The molecule has 0 radical (unpaired) electrons. The molecule has 1 saturated heterocycles. The fourth-order valence-corrected chi connectivity index (χ4v) is 3.85. The zero-order valence-corrected chi connectivity index (χ0v) is 12.6. The maximum absolute atomic E-state index is 12.6. The predicted molar refractivity (Wildman–Crippen MR) is 80.5 cm³/mol. The second kappa shape index (κ2) is 5.74. The van der Waals surface area contributed by atoms with Gasteiger partial charge in [-0.1, -0.05) is 36.2 Å². The van der Waals surface area contributed by atoms with Crippen molar-refractivity contribution in [3.8, 4) is 0 Å². The third-order valence-electron chi connectivity index (χ3n) is 4.75. The highest BCUT2D eigenvalue weighted by molar-refractivity contribution is 6.31. The van der Waals surface area contributed by atoms with E-state index in [-0.39, 0.29) is 11.9 Å². The van der Waals surface area contributed by atoms with Gasteiger partial charge in [0.15, 0.2) is 0 Å². The van der Waals surface area contributed by atoms with Crippen molar-refractivity contribution in [2.45, 2.75) is 31.8 Å². The summed E-state index contributed by atoms with van der Waals surface area (Å²) in [5.41, 5.74) is 1.01. The summed E-state index contributed by atoms with van der Waals surface area (Å²) >= 11 is 6.17. The van der Waals surface area contributed by atoms with E-state index >= 15 is 0 Å². The molecule has 2 aliphatic rings. The lowest BCUT2D eigenvalue weighted by atomic mass is 9.93. The molecule has 4 heteroatoms. The molecule has 1 amide bonds. The summed E-state index contributed by atoms with van der Waals surface area (Å²) in [6.07, 6.45) is 3.73. The second-order valence-corrected chi connectivity index (χ2v) is 6.43. The van der Waals surface area contributed by atoms with Crippen molar-refractivity contribution in [2.24, 2.45) is 11.8 Å². The Morgan fingerprint density at radius 2 is 2.20 bits per heavy atom. The second-order valence-electron chi connectivity index (χ2n) is 6.03. The molecule has 3 atom stereocenters. The van der Waals surface area contributed by atoms with E-state index in [1.54, 1.807) is 4.90 Å². The van der Waals surface area contributed by atoms with E-state index in [9.17, 15) is 4.79 Å². The van der Waals surface area contributed by atoms with Gasteiger partial charge in [-0.25, -0.2) is 0 Å². The van der Waals surface area contributed by atoms with Crippen molar-refractivity contribution in [1.82, 2.24) is 10.2 Å². The lowest BCUT2D eigenvalue weighted by Crippen LogP contribution is -2.44. The normalized spacial score (nSPS) is 28.4. The van der Waals surface area contributed by atoms with E-state index < -0.39 is 0 Å². The Balaban J connectivity index is 1.66. The molecule has 1 heterocycles. The van der Waals surface area contributed by atoms with Crippen LogP contribution >= 0.6 is 11.6 Å². The number of fused-ring (bicyclic) bond motifs is 1. The van der Waals surface area contributed by atoms with Crippen LogP contribution < -0.4 is 5.32 Å². The quantitative estimate of drug-likeness (QED) is 0.929. The smallest absolute Gasteiger partial charge is 0.240 e. The molecule has 0 aromatic heterocycles. The molecule has 1 saturated carbocycles. The third kappa shape index (κ3) is 2.57. The van der Waals surface area contributed by atoms with E-state index in [1.807, 2.05) is 31.3 Å². The molecule has 1 N–H and O–H groups in total. The Morgan fingerprint density at radius 3 is 3.00 bits per heavy atom. The van der Waals surface area contributed by atoms with Crippen LogP contribution in [0.2, 0.25) is 5.02 Å². The summed E-state index contributed by atoms with van der Waals surface area (Å²) in [7, 11) is 1.87. The minimum atomic E-state index is 0.00925.